The van der Waals surface area contributed by atoms with Crippen molar-refractivity contribution in [1.82, 2.24) is 4.98 Å². The maximum absolute atomic E-state index is 5.74. The summed E-state index contributed by atoms with van der Waals surface area (Å²) in [4.78, 5) is 6.88. The van der Waals surface area contributed by atoms with Crippen molar-refractivity contribution in [3.63, 3.8) is 0 Å². The standard InChI is InChI=1S/C16H21N3OS/c1-21-12-15-6-5-14(20-15)11-17-13-4-7-16(18-10-13)19-8-2-3-9-19/h4-7,10,17H,2-3,8-9,11-12H2,1H3. The van der Waals surface area contributed by atoms with Gasteiger partial charge in [0, 0.05) is 13.1 Å². The molecule has 1 fully saturated rings. The molecule has 3 heterocycles. The highest BCUT2D eigenvalue weighted by Crippen LogP contribution is 2.20. The number of nitrogens with zero attached hydrogens (tertiary/aromatic N) is 2. The van der Waals surface area contributed by atoms with Crippen LogP contribution in [0.5, 0.6) is 0 Å². The van der Waals surface area contributed by atoms with Crippen LogP contribution in [-0.2, 0) is 12.3 Å². The third-order valence-corrected chi connectivity index (χ3v) is 4.22. The molecule has 0 radical (unpaired) electrons. The average Bonchev–Trinajstić information content (AvgIpc) is 3.18. The maximum Gasteiger partial charge on any atom is 0.128 e. The van der Waals surface area contributed by atoms with Crippen molar-refractivity contribution in [1.29, 1.82) is 0 Å². The van der Waals surface area contributed by atoms with Crippen molar-refractivity contribution in [2.45, 2.75) is 25.1 Å². The van der Waals surface area contributed by atoms with Gasteiger partial charge < -0.3 is 14.6 Å². The molecule has 2 aromatic heterocycles. The van der Waals surface area contributed by atoms with E-state index >= 15 is 0 Å². The molecule has 1 saturated heterocycles. The lowest BCUT2D eigenvalue weighted by atomic mass is 10.3. The lowest BCUT2D eigenvalue weighted by Gasteiger charge is -2.16. The molecule has 0 saturated carbocycles. The summed E-state index contributed by atoms with van der Waals surface area (Å²) in [5.74, 6) is 3.99. The molecule has 0 unspecified atom stereocenters. The van der Waals surface area contributed by atoms with Crippen LogP contribution in [0.3, 0.4) is 0 Å². The van der Waals surface area contributed by atoms with Gasteiger partial charge in [0.25, 0.3) is 0 Å². The van der Waals surface area contributed by atoms with Crippen LogP contribution in [0, 0.1) is 0 Å². The van der Waals surface area contributed by atoms with Crippen molar-refractivity contribution >= 4 is 23.3 Å². The van der Waals surface area contributed by atoms with Gasteiger partial charge >= 0.3 is 0 Å². The van der Waals surface area contributed by atoms with Crippen LogP contribution < -0.4 is 10.2 Å². The molecule has 1 N–H and O–H groups in total. The largest absolute Gasteiger partial charge is 0.463 e. The Morgan fingerprint density at radius 2 is 2.00 bits per heavy atom. The first kappa shape index (κ1) is 14.3. The molecule has 2 aromatic rings. The summed E-state index contributed by atoms with van der Waals surface area (Å²) in [6.45, 7) is 2.95. The highest BCUT2D eigenvalue weighted by atomic mass is 32.2. The molecule has 0 bridgehead atoms. The van der Waals surface area contributed by atoms with Gasteiger partial charge in [-0.25, -0.2) is 4.98 Å². The number of rotatable bonds is 6. The van der Waals surface area contributed by atoms with Gasteiger partial charge in [-0.1, -0.05) is 0 Å². The minimum absolute atomic E-state index is 0.694. The minimum atomic E-state index is 0.694. The zero-order valence-corrected chi connectivity index (χ0v) is 13.2. The summed E-state index contributed by atoms with van der Waals surface area (Å²) < 4.78 is 5.74. The number of anilines is 2. The molecule has 1 aliphatic rings. The number of pyridine rings is 1. The molecule has 0 spiro atoms. The van der Waals surface area contributed by atoms with Gasteiger partial charge in [0.05, 0.1) is 24.2 Å². The average molecular weight is 303 g/mol. The zero-order chi connectivity index (χ0) is 14.5. The van der Waals surface area contributed by atoms with E-state index in [2.05, 4.69) is 33.6 Å². The Kier molecular flexibility index (Phi) is 4.70. The van der Waals surface area contributed by atoms with E-state index in [1.165, 1.54) is 12.8 Å². The topological polar surface area (TPSA) is 41.3 Å². The molecule has 112 valence electrons. The third kappa shape index (κ3) is 3.73. The van der Waals surface area contributed by atoms with Crippen LogP contribution in [0.4, 0.5) is 11.5 Å². The summed E-state index contributed by atoms with van der Waals surface area (Å²) in [5.41, 5.74) is 1.03. The molecule has 3 rings (SSSR count). The first-order valence-electron chi connectivity index (χ1n) is 7.36. The molecule has 1 aliphatic heterocycles. The predicted molar refractivity (Wildman–Crippen MR) is 88.9 cm³/mol. The molecule has 0 atom stereocenters. The van der Waals surface area contributed by atoms with Crippen molar-refractivity contribution < 1.29 is 4.42 Å². The van der Waals surface area contributed by atoms with Gasteiger partial charge in [-0.2, -0.15) is 11.8 Å². The second kappa shape index (κ2) is 6.89. The Morgan fingerprint density at radius 3 is 2.71 bits per heavy atom. The number of hydrogen-bond donors (Lipinski definition) is 1. The quantitative estimate of drug-likeness (QED) is 0.880. The molecule has 5 heteroatoms. The number of aromatic nitrogens is 1. The number of hydrogen-bond acceptors (Lipinski definition) is 5. The van der Waals surface area contributed by atoms with E-state index in [9.17, 15) is 0 Å². The lowest BCUT2D eigenvalue weighted by Crippen LogP contribution is -2.18. The third-order valence-electron chi connectivity index (χ3n) is 3.65. The second-order valence-corrected chi connectivity index (χ2v) is 6.12. The Bertz CT molecular complexity index is 561. The van der Waals surface area contributed by atoms with Gasteiger partial charge in [0.2, 0.25) is 0 Å². The van der Waals surface area contributed by atoms with Crippen molar-refractivity contribution in [2.24, 2.45) is 0 Å². The molecule has 21 heavy (non-hydrogen) atoms. The molecular formula is C16H21N3OS. The van der Waals surface area contributed by atoms with Crippen molar-refractivity contribution in [3.8, 4) is 0 Å². The fourth-order valence-corrected chi connectivity index (χ4v) is 2.99. The highest BCUT2D eigenvalue weighted by molar-refractivity contribution is 7.97. The van der Waals surface area contributed by atoms with E-state index in [0.29, 0.717) is 6.54 Å². The Labute approximate surface area is 129 Å². The van der Waals surface area contributed by atoms with Gasteiger partial charge in [-0.3, -0.25) is 0 Å². The Hall–Kier alpha value is -1.62. The normalized spacial score (nSPS) is 14.6. The Balaban J connectivity index is 1.54. The van der Waals surface area contributed by atoms with E-state index in [1.807, 2.05) is 18.3 Å². The smallest absolute Gasteiger partial charge is 0.128 e. The van der Waals surface area contributed by atoms with E-state index < -0.39 is 0 Å². The summed E-state index contributed by atoms with van der Waals surface area (Å²) in [7, 11) is 0. The first-order valence-corrected chi connectivity index (χ1v) is 8.76. The van der Waals surface area contributed by atoms with E-state index in [0.717, 1.165) is 41.9 Å². The van der Waals surface area contributed by atoms with Crippen molar-refractivity contribution in [2.75, 3.05) is 29.6 Å². The fraction of sp³-hybridized carbons (Fsp3) is 0.438. The maximum atomic E-state index is 5.74. The monoisotopic (exact) mass is 303 g/mol. The molecule has 0 aliphatic carbocycles. The van der Waals surface area contributed by atoms with E-state index in [4.69, 9.17) is 4.42 Å². The van der Waals surface area contributed by atoms with Crippen LogP contribution in [0.15, 0.2) is 34.9 Å². The number of nitrogens with one attached hydrogen (secondary N) is 1. The SMILES string of the molecule is CSCc1ccc(CNc2ccc(N3CCCC3)nc2)o1. The summed E-state index contributed by atoms with van der Waals surface area (Å²) in [6, 6.07) is 8.26. The molecule has 0 amide bonds. The molecular weight excluding hydrogens is 282 g/mol. The van der Waals surface area contributed by atoms with Gasteiger partial charge in [0.1, 0.15) is 17.3 Å². The van der Waals surface area contributed by atoms with Gasteiger partial charge in [-0.05, 0) is 43.4 Å². The fourth-order valence-electron chi connectivity index (χ4n) is 2.55. The molecule has 4 nitrogen and oxygen atoms in total. The highest BCUT2D eigenvalue weighted by Gasteiger charge is 2.12. The van der Waals surface area contributed by atoms with Crippen LogP contribution >= 0.6 is 11.8 Å². The van der Waals surface area contributed by atoms with E-state index in [-0.39, 0.29) is 0 Å². The first-order chi connectivity index (χ1) is 10.3. The van der Waals surface area contributed by atoms with E-state index in [1.54, 1.807) is 11.8 Å². The van der Waals surface area contributed by atoms with Crippen molar-refractivity contribution in [3.05, 3.63) is 42.0 Å². The van der Waals surface area contributed by atoms with Crippen LogP contribution in [0.25, 0.3) is 0 Å². The zero-order valence-electron chi connectivity index (χ0n) is 12.3. The molecule has 0 aromatic carbocycles. The lowest BCUT2D eigenvalue weighted by molar-refractivity contribution is 0.487. The van der Waals surface area contributed by atoms with Crippen LogP contribution in [0.2, 0.25) is 0 Å². The minimum Gasteiger partial charge on any atom is -0.463 e. The van der Waals surface area contributed by atoms with Crippen LogP contribution in [-0.4, -0.2) is 24.3 Å². The summed E-state index contributed by atoms with van der Waals surface area (Å²) >= 11 is 1.77. The van der Waals surface area contributed by atoms with Gasteiger partial charge in [0.15, 0.2) is 0 Å². The number of thioether (sulfide) groups is 1. The Morgan fingerprint density at radius 1 is 1.19 bits per heavy atom. The predicted octanol–water partition coefficient (Wildman–Crippen LogP) is 3.75. The second-order valence-electron chi connectivity index (χ2n) is 5.25. The summed E-state index contributed by atoms with van der Waals surface area (Å²) in [6.07, 6.45) is 6.53. The van der Waals surface area contributed by atoms with Crippen LogP contribution in [0.1, 0.15) is 24.4 Å². The summed E-state index contributed by atoms with van der Waals surface area (Å²) in [5, 5.41) is 3.35. The van der Waals surface area contributed by atoms with Gasteiger partial charge in [-0.15, -0.1) is 0 Å². The number of furan rings is 1.